The first kappa shape index (κ1) is 12.4. The van der Waals surface area contributed by atoms with E-state index in [4.69, 9.17) is 10.8 Å². The average Bonchev–Trinajstić information content (AvgIpc) is 2.14. The predicted molar refractivity (Wildman–Crippen MR) is 56.7 cm³/mol. The first-order valence-electron chi connectivity index (χ1n) is 4.25. The van der Waals surface area contributed by atoms with E-state index in [1.54, 1.807) is 25.3 Å². The van der Waals surface area contributed by atoms with E-state index in [-0.39, 0.29) is 0 Å². The molecule has 0 aliphatic carbocycles. The van der Waals surface area contributed by atoms with Gasteiger partial charge in [-0.2, -0.15) is 0 Å². The van der Waals surface area contributed by atoms with Crippen molar-refractivity contribution in [3.63, 3.8) is 0 Å². The molecule has 0 spiro atoms. The quantitative estimate of drug-likeness (QED) is 0.545. The zero-order valence-corrected chi connectivity index (χ0v) is 8.23. The average molecular weight is 196 g/mol. The summed E-state index contributed by atoms with van der Waals surface area (Å²) in [6.07, 6.45) is 6.75. The van der Waals surface area contributed by atoms with Crippen LogP contribution in [0.5, 0.6) is 0 Å². The molecule has 0 aromatic carbocycles. The Bertz CT molecular complexity index is 257. The summed E-state index contributed by atoms with van der Waals surface area (Å²) in [6, 6.07) is -0.600. The Balaban J connectivity index is 4.49. The number of aliphatic carboxylic acids is 1. The lowest BCUT2D eigenvalue weighted by atomic mass is 10.1. The molecule has 0 aromatic rings. The smallest absolute Gasteiger partial charge is 0.321 e. The highest BCUT2D eigenvalue weighted by Crippen LogP contribution is 2.07. The minimum absolute atomic E-state index is 0.381. The van der Waals surface area contributed by atoms with E-state index in [0.29, 0.717) is 6.42 Å². The number of likely N-dealkylation sites (N-methyl/N-ethyl adjacent to an activating group) is 1. The lowest BCUT2D eigenvalue weighted by molar-refractivity contribution is -0.139. The van der Waals surface area contributed by atoms with Gasteiger partial charge in [-0.05, 0) is 31.3 Å². The maximum absolute atomic E-state index is 10.7. The number of nitrogens with two attached hydrogens (primary N) is 1. The predicted octanol–water partition coefficient (Wildman–Crippen LogP) is 0.634. The Morgan fingerprint density at radius 3 is 2.71 bits per heavy atom. The fourth-order valence-electron chi connectivity index (χ4n) is 1.02. The molecule has 0 amide bonds. The Labute approximate surface area is 83.8 Å². The molecular weight excluding hydrogens is 180 g/mol. The molecule has 1 unspecified atom stereocenters. The molecule has 4 nitrogen and oxygen atoms in total. The lowest BCUT2D eigenvalue weighted by Crippen LogP contribution is -2.33. The number of hydrogen-bond donors (Lipinski definition) is 3. The van der Waals surface area contributed by atoms with Crippen molar-refractivity contribution in [1.82, 2.24) is 5.32 Å². The molecule has 0 bridgehead atoms. The Morgan fingerprint density at radius 2 is 2.36 bits per heavy atom. The molecular formula is C10H16N2O2. The summed E-state index contributed by atoms with van der Waals surface area (Å²) < 4.78 is 0. The van der Waals surface area contributed by atoms with E-state index in [9.17, 15) is 4.79 Å². The summed E-state index contributed by atoms with van der Waals surface area (Å²) >= 11 is 0. The second-order valence-electron chi connectivity index (χ2n) is 2.72. The number of carboxylic acid groups (broad SMARTS) is 1. The van der Waals surface area contributed by atoms with Gasteiger partial charge in [0.1, 0.15) is 6.04 Å². The van der Waals surface area contributed by atoms with Crippen molar-refractivity contribution in [2.75, 3.05) is 7.05 Å². The third kappa shape index (κ3) is 4.47. The second kappa shape index (κ2) is 6.91. The number of nitrogens with one attached hydrogen (secondary N) is 1. The van der Waals surface area contributed by atoms with Crippen LogP contribution in [0, 0.1) is 0 Å². The Morgan fingerprint density at radius 1 is 1.71 bits per heavy atom. The lowest BCUT2D eigenvalue weighted by Gasteiger charge is -2.11. The molecule has 78 valence electrons. The van der Waals surface area contributed by atoms with Crippen LogP contribution in [0.25, 0.3) is 0 Å². The highest BCUT2D eigenvalue weighted by molar-refractivity contribution is 5.74. The maximum atomic E-state index is 10.7. The third-order valence-corrected chi connectivity index (χ3v) is 1.73. The van der Waals surface area contributed by atoms with Gasteiger partial charge in [-0.1, -0.05) is 18.7 Å². The van der Waals surface area contributed by atoms with Crippen LogP contribution in [-0.2, 0) is 4.79 Å². The van der Waals surface area contributed by atoms with Crippen LogP contribution in [-0.4, -0.2) is 24.2 Å². The van der Waals surface area contributed by atoms with Gasteiger partial charge in [0.15, 0.2) is 0 Å². The second-order valence-corrected chi connectivity index (χ2v) is 2.72. The highest BCUT2D eigenvalue weighted by Gasteiger charge is 2.14. The normalized spacial score (nSPS) is 14.2. The number of carbonyl (C=O) groups is 1. The van der Waals surface area contributed by atoms with Crippen molar-refractivity contribution in [3.05, 3.63) is 36.6 Å². The SMILES string of the molecule is C=C/C=C(\C=C/N)CC(NC)C(=O)O. The van der Waals surface area contributed by atoms with E-state index >= 15 is 0 Å². The van der Waals surface area contributed by atoms with E-state index in [2.05, 4.69) is 11.9 Å². The fourth-order valence-corrected chi connectivity index (χ4v) is 1.02. The Hall–Kier alpha value is -1.55. The molecule has 0 fully saturated rings. The van der Waals surface area contributed by atoms with Gasteiger partial charge in [-0.25, -0.2) is 0 Å². The molecule has 0 saturated heterocycles. The number of rotatable bonds is 6. The van der Waals surface area contributed by atoms with Gasteiger partial charge in [0.05, 0.1) is 0 Å². The highest BCUT2D eigenvalue weighted by atomic mass is 16.4. The van der Waals surface area contributed by atoms with Crippen LogP contribution >= 0.6 is 0 Å². The van der Waals surface area contributed by atoms with E-state index in [1.807, 2.05) is 0 Å². The number of carboxylic acids is 1. The summed E-state index contributed by atoms with van der Waals surface area (Å²) in [4.78, 5) is 10.7. The number of allylic oxidation sites excluding steroid dienone is 3. The van der Waals surface area contributed by atoms with Crippen LogP contribution < -0.4 is 11.1 Å². The minimum Gasteiger partial charge on any atom is -0.480 e. The van der Waals surface area contributed by atoms with Gasteiger partial charge in [0.2, 0.25) is 0 Å². The molecule has 1 atom stereocenters. The maximum Gasteiger partial charge on any atom is 0.321 e. The molecule has 0 aliphatic rings. The molecule has 0 radical (unpaired) electrons. The van der Waals surface area contributed by atoms with Gasteiger partial charge in [0.25, 0.3) is 0 Å². The van der Waals surface area contributed by atoms with Crippen LogP contribution in [0.2, 0.25) is 0 Å². The molecule has 0 aromatic heterocycles. The zero-order chi connectivity index (χ0) is 11.0. The van der Waals surface area contributed by atoms with Gasteiger partial charge in [-0.15, -0.1) is 0 Å². The summed E-state index contributed by atoms with van der Waals surface area (Å²) in [7, 11) is 1.61. The molecule has 4 N–H and O–H groups in total. The standard InChI is InChI=1S/C10H16N2O2/c1-3-4-8(5-6-11)7-9(12-2)10(13)14/h3-6,9,12H,1,7,11H2,2H3,(H,13,14)/b6-5-,8-4+. The van der Waals surface area contributed by atoms with Crippen molar-refractivity contribution in [2.45, 2.75) is 12.5 Å². The van der Waals surface area contributed by atoms with Crippen LogP contribution in [0.1, 0.15) is 6.42 Å². The van der Waals surface area contributed by atoms with Crippen molar-refractivity contribution >= 4 is 5.97 Å². The van der Waals surface area contributed by atoms with Crippen molar-refractivity contribution in [2.24, 2.45) is 5.73 Å². The van der Waals surface area contributed by atoms with Crippen molar-refractivity contribution in [1.29, 1.82) is 0 Å². The van der Waals surface area contributed by atoms with Crippen LogP contribution in [0.4, 0.5) is 0 Å². The van der Waals surface area contributed by atoms with E-state index in [0.717, 1.165) is 5.57 Å². The van der Waals surface area contributed by atoms with Crippen molar-refractivity contribution in [3.8, 4) is 0 Å². The molecule has 0 aliphatic heterocycles. The first-order valence-corrected chi connectivity index (χ1v) is 4.25. The van der Waals surface area contributed by atoms with Gasteiger partial charge < -0.3 is 16.2 Å². The van der Waals surface area contributed by atoms with Gasteiger partial charge >= 0.3 is 5.97 Å². The Kier molecular flexibility index (Phi) is 6.15. The zero-order valence-electron chi connectivity index (χ0n) is 8.23. The molecule has 0 heterocycles. The monoisotopic (exact) mass is 196 g/mol. The summed E-state index contributed by atoms with van der Waals surface area (Å²) in [6.45, 7) is 3.54. The first-order chi connectivity index (χ1) is 6.65. The molecule has 4 heteroatoms. The van der Waals surface area contributed by atoms with Gasteiger partial charge in [-0.3, -0.25) is 4.79 Å². The summed E-state index contributed by atoms with van der Waals surface area (Å²) in [5, 5.41) is 11.5. The molecule has 0 rings (SSSR count). The third-order valence-electron chi connectivity index (χ3n) is 1.73. The topological polar surface area (TPSA) is 75.3 Å². The fraction of sp³-hybridized carbons (Fsp3) is 0.300. The van der Waals surface area contributed by atoms with Gasteiger partial charge in [0, 0.05) is 0 Å². The largest absolute Gasteiger partial charge is 0.480 e. The van der Waals surface area contributed by atoms with E-state index in [1.165, 1.54) is 6.20 Å². The summed E-state index contributed by atoms with van der Waals surface area (Å²) in [5.41, 5.74) is 6.05. The summed E-state index contributed by atoms with van der Waals surface area (Å²) in [5.74, 6) is -0.882. The number of hydrogen-bond acceptors (Lipinski definition) is 3. The van der Waals surface area contributed by atoms with Crippen LogP contribution in [0.15, 0.2) is 36.6 Å². The minimum atomic E-state index is -0.882. The van der Waals surface area contributed by atoms with E-state index < -0.39 is 12.0 Å². The van der Waals surface area contributed by atoms with Crippen LogP contribution in [0.3, 0.4) is 0 Å². The van der Waals surface area contributed by atoms with Crippen molar-refractivity contribution < 1.29 is 9.90 Å². The molecule has 0 saturated carbocycles. The molecule has 14 heavy (non-hydrogen) atoms.